The molecule has 1 rings (SSSR count). The number of hydrogen-bond donors (Lipinski definition) is 2. The van der Waals surface area contributed by atoms with Gasteiger partial charge in [0.2, 0.25) is 10.0 Å². The molecule has 0 amide bonds. The second kappa shape index (κ2) is 6.49. The maximum Gasteiger partial charge on any atom is 0.307 e. The summed E-state index contributed by atoms with van der Waals surface area (Å²) in [5.74, 6) is -0.951. The van der Waals surface area contributed by atoms with Gasteiger partial charge in [-0.2, -0.15) is 0 Å². The second-order valence-electron chi connectivity index (χ2n) is 4.26. The van der Waals surface area contributed by atoms with E-state index in [1.54, 1.807) is 13.0 Å². The van der Waals surface area contributed by atoms with Gasteiger partial charge in [-0.25, -0.2) is 13.1 Å². The van der Waals surface area contributed by atoms with E-state index in [0.717, 1.165) is 0 Å². The first-order valence-corrected chi connectivity index (χ1v) is 7.27. The topological polar surface area (TPSA) is 83.5 Å². The number of aliphatic carboxylic acids is 1. The highest BCUT2D eigenvalue weighted by atomic mass is 32.2. The number of carbonyl (C=O) groups is 1. The molecule has 0 saturated heterocycles. The van der Waals surface area contributed by atoms with Gasteiger partial charge in [0, 0.05) is 6.04 Å². The number of carboxylic acids is 1. The smallest absolute Gasteiger partial charge is 0.307 e. The average molecular weight is 283 g/mol. The Bertz CT molecular complexity index is 549. The maximum absolute atomic E-state index is 12.0. The molecular formula is C13H17NO4S. The van der Waals surface area contributed by atoms with Crippen molar-refractivity contribution in [3.05, 3.63) is 42.5 Å². The minimum atomic E-state index is -3.57. The SMILES string of the molecule is C=CCC(C)NS(=O)(=O)c1ccc(CC(=O)O)cc1. The molecule has 1 atom stereocenters. The fraction of sp³-hybridized carbons (Fsp3) is 0.308. The van der Waals surface area contributed by atoms with Crippen LogP contribution >= 0.6 is 0 Å². The van der Waals surface area contributed by atoms with Crippen molar-refractivity contribution >= 4 is 16.0 Å². The van der Waals surface area contributed by atoms with Gasteiger partial charge in [0.1, 0.15) is 0 Å². The summed E-state index contributed by atoms with van der Waals surface area (Å²) in [6, 6.07) is 5.57. The first kappa shape index (κ1) is 15.4. The number of carboxylic acid groups (broad SMARTS) is 1. The Morgan fingerprint density at radius 3 is 2.47 bits per heavy atom. The van der Waals surface area contributed by atoms with Crippen LogP contribution in [0.5, 0.6) is 0 Å². The third-order valence-electron chi connectivity index (χ3n) is 2.47. The van der Waals surface area contributed by atoms with Crippen molar-refractivity contribution in [1.82, 2.24) is 4.72 Å². The van der Waals surface area contributed by atoms with Crippen LogP contribution in [0.15, 0.2) is 41.8 Å². The van der Waals surface area contributed by atoms with Crippen molar-refractivity contribution in [2.75, 3.05) is 0 Å². The van der Waals surface area contributed by atoms with Gasteiger partial charge in [0.15, 0.2) is 0 Å². The molecule has 0 fully saturated rings. The van der Waals surface area contributed by atoms with Crippen LogP contribution in [0.2, 0.25) is 0 Å². The number of sulfonamides is 1. The van der Waals surface area contributed by atoms with E-state index in [-0.39, 0.29) is 17.4 Å². The van der Waals surface area contributed by atoms with Crippen molar-refractivity contribution < 1.29 is 18.3 Å². The number of rotatable bonds is 7. The summed E-state index contributed by atoms with van der Waals surface area (Å²) in [6.45, 7) is 5.30. The molecule has 1 aromatic rings. The summed E-state index contributed by atoms with van der Waals surface area (Å²) in [7, 11) is -3.57. The second-order valence-corrected chi connectivity index (χ2v) is 5.98. The van der Waals surface area contributed by atoms with Crippen LogP contribution in [0.4, 0.5) is 0 Å². The standard InChI is InChI=1S/C13H17NO4S/c1-3-4-10(2)14-19(17,18)12-7-5-11(6-8-12)9-13(15)16/h3,5-8,10,14H,1,4,9H2,2H3,(H,15,16). The summed E-state index contributed by atoms with van der Waals surface area (Å²) in [5, 5.41) is 8.63. The lowest BCUT2D eigenvalue weighted by Gasteiger charge is -2.12. The monoisotopic (exact) mass is 283 g/mol. The first-order valence-electron chi connectivity index (χ1n) is 5.79. The molecule has 1 aromatic carbocycles. The minimum Gasteiger partial charge on any atom is -0.481 e. The highest BCUT2D eigenvalue weighted by Gasteiger charge is 2.16. The Balaban J connectivity index is 2.84. The molecule has 0 aromatic heterocycles. The molecule has 0 heterocycles. The molecule has 2 N–H and O–H groups in total. The van der Waals surface area contributed by atoms with Gasteiger partial charge in [-0.3, -0.25) is 4.79 Å². The van der Waals surface area contributed by atoms with Crippen molar-refractivity contribution in [2.24, 2.45) is 0 Å². The Morgan fingerprint density at radius 2 is 2.00 bits per heavy atom. The van der Waals surface area contributed by atoms with Crippen LogP contribution in [-0.4, -0.2) is 25.5 Å². The van der Waals surface area contributed by atoms with E-state index in [1.807, 2.05) is 0 Å². The average Bonchev–Trinajstić information content (AvgIpc) is 2.28. The van der Waals surface area contributed by atoms with Crippen LogP contribution in [0.1, 0.15) is 18.9 Å². The summed E-state index contributed by atoms with van der Waals surface area (Å²) < 4.78 is 26.5. The molecule has 104 valence electrons. The molecule has 0 bridgehead atoms. The third kappa shape index (κ3) is 4.84. The summed E-state index contributed by atoms with van der Waals surface area (Å²) in [6.07, 6.45) is 2.06. The zero-order chi connectivity index (χ0) is 14.5. The lowest BCUT2D eigenvalue weighted by molar-refractivity contribution is -0.136. The molecule has 0 aliphatic carbocycles. The number of nitrogens with one attached hydrogen (secondary N) is 1. The van der Waals surface area contributed by atoms with E-state index in [1.165, 1.54) is 24.3 Å². The lowest BCUT2D eigenvalue weighted by Crippen LogP contribution is -2.32. The molecule has 0 spiro atoms. The van der Waals surface area contributed by atoms with E-state index < -0.39 is 16.0 Å². The molecule has 1 unspecified atom stereocenters. The van der Waals surface area contributed by atoms with Crippen LogP contribution < -0.4 is 4.72 Å². The van der Waals surface area contributed by atoms with Crippen molar-refractivity contribution in [2.45, 2.75) is 30.7 Å². The van der Waals surface area contributed by atoms with Gasteiger partial charge in [0.25, 0.3) is 0 Å². The Labute approximate surface area is 113 Å². The molecule has 0 radical (unpaired) electrons. The molecule has 5 nitrogen and oxygen atoms in total. The van der Waals surface area contributed by atoms with Crippen LogP contribution in [-0.2, 0) is 21.2 Å². The van der Waals surface area contributed by atoms with Crippen LogP contribution in [0.25, 0.3) is 0 Å². The molecule has 6 heteroatoms. The Morgan fingerprint density at radius 1 is 1.42 bits per heavy atom. The predicted molar refractivity (Wildman–Crippen MR) is 72.4 cm³/mol. The quantitative estimate of drug-likeness (QED) is 0.744. The summed E-state index contributed by atoms with van der Waals surface area (Å²) in [5.41, 5.74) is 0.561. The zero-order valence-electron chi connectivity index (χ0n) is 10.7. The molecule has 0 aliphatic heterocycles. The Hall–Kier alpha value is -1.66. The largest absolute Gasteiger partial charge is 0.481 e. The fourth-order valence-electron chi connectivity index (χ4n) is 1.59. The van der Waals surface area contributed by atoms with Gasteiger partial charge in [-0.05, 0) is 31.0 Å². The minimum absolute atomic E-state index is 0.123. The lowest BCUT2D eigenvalue weighted by atomic mass is 10.2. The van der Waals surface area contributed by atoms with Crippen molar-refractivity contribution in [3.63, 3.8) is 0 Å². The number of benzene rings is 1. The van der Waals surface area contributed by atoms with E-state index in [4.69, 9.17) is 5.11 Å². The van der Waals surface area contributed by atoms with Gasteiger partial charge < -0.3 is 5.11 Å². The normalized spacial score (nSPS) is 12.9. The van der Waals surface area contributed by atoms with E-state index in [0.29, 0.717) is 12.0 Å². The first-order chi connectivity index (χ1) is 8.85. The van der Waals surface area contributed by atoms with Crippen molar-refractivity contribution in [1.29, 1.82) is 0 Å². The molecular weight excluding hydrogens is 266 g/mol. The van der Waals surface area contributed by atoms with Crippen LogP contribution in [0.3, 0.4) is 0 Å². The van der Waals surface area contributed by atoms with Crippen molar-refractivity contribution in [3.8, 4) is 0 Å². The zero-order valence-corrected chi connectivity index (χ0v) is 11.5. The Kier molecular flexibility index (Phi) is 5.26. The van der Waals surface area contributed by atoms with E-state index in [2.05, 4.69) is 11.3 Å². The highest BCUT2D eigenvalue weighted by molar-refractivity contribution is 7.89. The van der Waals surface area contributed by atoms with Gasteiger partial charge in [0.05, 0.1) is 11.3 Å². The molecule has 19 heavy (non-hydrogen) atoms. The predicted octanol–water partition coefficient (Wildman–Crippen LogP) is 1.56. The summed E-state index contributed by atoms with van der Waals surface area (Å²) in [4.78, 5) is 10.7. The van der Waals surface area contributed by atoms with Gasteiger partial charge in [-0.15, -0.1) is 6.58 Å². The van der Waals surface area contributed by atoms with Gasteiger partial charge >= 0.3 is 5.97 Å². The molecule has 0 aliphatic rings. The van der Waals surface area contributed by atoms with Crippen LogP contribution in [0, 0.1) is 0 Å². The number of hydrogen-bond acceptors (Lipinski definition) is 3. The third-order valence-corrected chi connectivity index (χ3v) is 4.07. The maximum atomic E-state index is 12.0. The molecule has 0 saturated carbocycles. The highest BCUT2D eigenvalue weighted by Crippen LogP contribution is 2.12. The van der Waals surface area contributed by atoms with E-state index >= 15 is 0 Å². The fourth-order valence-corrected chi connectivity index (χ4v) is 2.85. The van der Waals surface area contributed by atoms with E-state index in [9.17, 15) is 13.2 Å². The summed E-state index contributed by atoms with van der Waals surface area (Å²) >= 11 is 0. The van der Waals surface area contributed by atoms with Gasteiger partial charge in [-0.1, -0.05) is 18.2 Å².